The number of aromatic nitrogens is 6. The van der Waals surface area contributed by atoms with Crippen molar-refractivity contribution in [2.45, 2.75) is 37.3 Å². The Kier molecular flexibility index (Phi) is 4.67. The number of hydrogen-bond donors (Lipinski definition) is 0. The van der Waals surface area contributed by atoms with Gasteiger partial charge in [0.05, 0.1) is 10.6 Å². The Hall–Kier alpha value is -3.54. The van der Waals surface area contributed by atoms with Crippen molar-refractivity contribution in [3.63, 3.8) is 0 Å². The molecule has 1 aliphatic rings. The van der Waals surface area contributed by atoms with Gasteiger partial charge in [0.1, 0.15) is 11.2 Å². The molecule has 0 N–H and O–H groups in total. The normalized spacial score (nSPS) is 15.2. The largest absolute Gasteiger partial charge is 0.335 e. The van der Waals surface area contributed by atoms with Gasteiger partial charge in [0, 0.05) is 30.6 Å². The van der Waals surface area contributed by atoms with Gasteiger partial charge in [-0.25, -0.2) is 22.8 Å². The minimum Gasteiger partial charge on any atom is -0.335 e. The molecule has 0 bridgehead atoms. The number of aryl methyl sites for hydroxylation is 1. The molecule has 0 radical (unpaired) electrons. The zero-order valence-electron chi connectivity index (χ0n) is 18.0. The predicted octanol–water partition coefficient (Wildman–Crippen LogP) is 3.04. The standard InChI is InChI=1S/C21H19FN6O4S/c1-4-33(30,31)15-8-13(17-26-20(32-27-17)21(22)5-6-21)10-23-16(15)19-25-14-7-12(11(2)29)9-24-18(14)28(19)3/h7-10H,4-6H2,1-3H3. The summed E-state index contributed by atoms with van der Waals surface area (Å²) in [5.41, 5.74) is 0.105. The van der Waals surface area contributed by atoms with E-state index < -0.39 is 15.5 Å². The Morgan fingerprint density at radius 1 is 1.21 bits per heavy atom. The van der Waals surface area contributed by atoms with Gasteiger partial charge in [-0.15, -0.1) is 0 Å². The van der Waals surface area contributed by atoms with Crippen molar-refractivity contribution in [1.29, 1.82) is 0 Å². The summed E-state index contributed by atoms with van der Waals surface area (Å²) in [6, 6.07) is 2.99. The van der Waals surface area contributed by atoms with Crippen LogP contribution in [0.1, 0.15) is 42.9 Å². The molecular weight excluding hydrogens is 451 g/mol. The molecule has 0 atom stereocenters. The first-order valence-electron chi connectivity index (χ1n) is 10.2. The van der Waals surface area contributed by atoms with Gasteiger partial charge in [-0.2, -0.15) is 4.98 Å². The number of carbonyl (C=O) groups excluding carboxylic acids is 1. The lowest BCUT2D eigenvalue weighted by Gasteiger charge is -2.09. The molecule has 0 saturated heterocycles. The Morgan fingerprint density at radius 3 is 2.64 bits per heavy atom. The summed E-state index contributed by atoms with van der Waals surface area (Å²) >= 11 is 0. The number of hydrogen-bond acceptors (Lipinski definition) is 9. The molecule has 170 valence electrons. The van der Waals surface area contributed by atoms with Gasteiger partial charge >= 0.3 is 0 Å². The summed E-state index contributed by atoms with van der Waals surface area (Å²) < 4.78 is 46.8. The number of halogens is 1. The zero-order chi connectivity index (χ0) is 23.5. The van der Waals surface area contributed by atoms with Crippen LogP contribution >= 0.6 is 0 Å². The van der Waals surface area contributed by atoms with E-state index in [9.17, 15) is 17.6 Å². The van der Waals surface area contributed by atoms with Crippen LogP contribution in [0.5, 0.6) is 0 Å². The van der Waals surface area contributed by atoms with Gasteiger partial charge in [0.25, 0.3) is 5.89 Å². The van der Waals surface area contributed by atoms with Crippen molar-refractivity contribution in [2.75, 3.05) is 5.75 Å². The third kappa shape index (κ3) is 3.50. The molecule has 10 nitrogen and oxygen atoms in total. The SMILES string of the molecule is CCS(=O)(=O)c1cc(-c2noc(C3(F)CC3)n2)cnc1-c1nc2cc(C(C)=O)cnc2n1C. The van der Waals surface area contributed by atoms with E-state index in [2.05, 4.69) is 25.1 Å². The summed E-state index contributed by atoms with van der Waals surface area (Å²) in [6.45, 7) is 2.95. The summed E-state index contributed by atoms with van der Waals surface area (Å²) in [5, 5.41) is 3.80. The molecule has 33 heavy (non-hydrogen) atoms. The van der Waals surface area contributed by atoms with Crippen LogP contribution in [-0.2, 0) is 22.6 Å². The molecule has 4 aromatic heterocycles. The second-order valence-electron chi connectivity index (χ2n) is 7.98. The van der Waals surface area contributed by atoms with E-state index in [1.165, 1.54) is 32.3 Å². The third-order valence-corrected chi connectivity index (χ3v) is 7.39. The van der Waals surface area contributed by atoms with Gasteiger partial charge in [-0.05, 0) is 31.9 Å². The molecule has 0 aliphatic heterocycles. The number of carbonyl (C=O) groups is 1. The molecule has 0 spiro atoms. The summed E-state index contributed by atoms with van der Waals surface area (Å²) in [7, 11) is -2.06. The van der Waals surface area contributed by atoms with Crippen LogP contribution in [0.3, 0.4) is 0 Å². The topological polar surface area (TPSA) is 134 Å². The number of fused-ring (bicyclic) bond motifs is 1. The van der Waals surface area contributed by atoms with E-state index in [0.717, 1.165) is 0 Å². The van der Waals surface area contributed by atoms with Crippen LogP contribution in [0.2, 0.25) is 0 Å². The second kappa shape index (κ2) is 7.24. The van der Waals surface area contributed by atoms with Gasteiger partial charge < -0.3 is 9.09 Å². The first-order chi connectivity index (χ1) is 15.6. The fourth-order valence-corrected chi connectivity index (χ4v) is 4.51. The lowest BCUT2D eigenvalue weighted by Crippen LogP contribution is -2.09. The van der Waals surface area contributed by atoms with Crippen molar-refractivity contribution in [3.05, 3.63) is 36.0 Å². The van der Waals surface area contributed by atoms with Gasteiger partial charge in [-0.1, -0.05) is 12.1 Å². The summed E-state index contributed by atoms with van der Waals surface area (Å²) in [5.74, 6) is -0.129. The number of Topliss-reactive ketones (excluding diaryl/α,β-unsaturated/α-hetero) is 1. The van der Waals surface area contributed by atoms with Gasteiger partial charge in [0.2, 0.25) is 5.82 Å². The molecule has 1 fully saturated rings. The minimum absolute atomic E-state index is 0.0540. The molecule has 0 unspecified atom stereocenters. The number of rotatable bonds is 6. The van der Waals surface area contributed by atoms with Crippen LogP contribution in [0.4, 0.5) is 4.39 Å². The van der Waals surface area contributed by atoms with E-state index in [1.807, 2.05) is 0 Å². The van der Waals surface area contributed by atoms with Crippen LogP contribution in [0.25, 0.3) is 34.1 Å². The molecule has 1 aliphatic carbocycles. The van der Waals surface area contributed by atoms with E-state index >= 15 is 0 Å². The van der Waals surface area contributed by atoms with Gasteiger partial charge in [-0.3, -0.25) is 9.78 Å². The van der Waals surface area contributed by atoms with Crippen LogP contribution in [-0.4, -0.2) is 49.6 Å². The Balaban J connectivity index is 1.67. The number of nitrogens with zero attached hydrogens (tertiary/aromatic N) is 6. The van der Waals surface area contributed by atoms with E-state index in [1.54, 1.807) is 17.7 Å². The summed E-state index contributed by atoms with van der Waals surface area (Å²) in [4.78, 5) is 28.9. The zero-order valence-corrected chi connectivity index (χ0v) is 18.8. The molecular formula is C21H19FN6O4S. The highest BCUT2D eigenvalue weighted by molar-refractivity contribution is 7.91. The molecule has 0 amide bonds. The lowest BCUT2D eigenvalue weighted by atomic mass is 10.2. The monoisotopic (exact) mass is 470 g/mol. The lowest BCUT2D eigenvalue weighted by molar-refractivity contribution is 0.101. The molecule has 1 saturated carbocycles. The quantitative estimate of drug-likeness (QED) is 0.390. The van der Waals surface area contributed by atoms with Crippen LogP contribution < -0.4 is 0 Å². The van der Waals surface area contributed by atoms with E-state index in [0.29, 0.717) is 29.6 Å². The number of ketones is 1. The van der Waals surface area contributed by atoms with Crippen molar-refractivity contribution < 1.29 is 22.1 Å². The predicted molar refractivity (Wildman–Crippen MR) is 115 cm³/mol. The number of imidazole rings is 1. The van der Waals surface area contributed by atoms with Gasteiger partial charge in [0.15, 0.2) is 32.8 Å². The van der Waals surface area contributed by atoms with Crippen LogP contribution in [0, 0.1) is 0 Å². The minimum atomic E-state index is -3.74. The number of pyridine rings is 2. The third-order valence-electron chi connectivity index (χ3n) is 5.65. The number of sulfone groups is 1. The highest BCUT2D eigenvalue weighted by atomic mass is 32.2. The average Bonchev–Trinajstić information content (AvgIpc) is 3.22. The smallest absolute Gasteiger partial charge is 0.264 e. The molecule has 12 heteroatoms. The summed E-state index contributed by atoms with van der Waals surface area (Å²) in [6.07, 6.45) is 3.46. The van der Waals surface area contributed by atoms with E-state index in [4.69, 9.17) is 4.52 Å². The van der Waals surface area contributed by atoms with Crippen molar-refractivity contribution in [3.8, 4) is 22.9 Å². The van der Waals surface area contributed by atoms with Crippen LogP contribution in [0.15, 0.2) is 33.9 Å². The maximum atomic E-state index is 14.2. The Morgan fingerprint density at radius 2 is 1.97 bits per heavy atom. The first-order valence-corrected chi connectivity index (χ1v) is 11.9. The Bertz CT molecular complexity index is 1540. The van der Waals surface area contributed by atoms with E-state index in [-0.39, 0.29) is 45.2 Å². The highest BCUT2D eigenvalue weighted by Crippen LogP contribution is 2.49. The van der Waals surface area contributed by atoms with Crippen molar-refractivity contribution in [1.82, 2.24) is 29.7 Å². The van der Waals surface area contributed by atoms with Crippen molar-refractivity contribution in [2.24, 2.45) is 7.05 Å². The molecule has 5 rings (SSSR count). The molecule has 0 aromatic carbocycles. The fourth-order valence-electron chi connectivity index (χ4n) is 3.45. The average molecular weight is 470 g/mol. The molecule has 4 aromatic rings. The maximum absolute atomic E-state index is 14.2. The molecule has 4 heterocycles. The highest BCUT2D eigenvalue weighted by Gasteiger charge is 2.50. The second-order valence-corrected chi connectivity index (χ2v) is 10.2. The number of alkyl halides is 1. The maximum Gasteiger partial charge on any atom is 0.264 e. The first kappa shape index (κ1) is 21.3. The van der Waals surface area contributed by atoms with Crippen molar-refractivity contribution >= 4 is 26.8 Å². The Labute approximate surface area is 187 Å². The fraction of sp³-hybridized carbons (Fsp3) is 0.333.